The van der Waals surface area contributed by atoms with E-state index in [4.69, 9.17) is 14.2 Å². The van der Waals surface area contributed by atoms with Crippen LogP contribution in [0.5, 0.6) is 23.1 Å². The summed E-state index contributed by atoms with van der Waals surface area (Å²) < 4.78 is 41.6. The molecule has 5 rings (SSSR count). The minimum absolute atomic E-state index is 0.0299. The number of amides is 1. The third-order valence-electron chi connectivity index (χ3n) is 5.37. The molecule has 1 aliphatic rings. The Bertz CT molecular complexity index is 1560. The van der Waals surface area contributed by atoms with Crippen LogP contribution >= 0.6 is 11.3 Å². The quantitative estimate of drug-likeness (QED) is 0.316. The van der Waals surface area contributed by atoms with Gasteiger partial charge in [0.25, 0.3) is 5.91 Å². The molecule has 1 saturated carbocycles. The van der Waals surface area contributed by atoms with Gasteiger partial charge in [-0.2, -0.15) is 0 Å². The van der Waals surface area contributed by atoms with Crippen LogP contribution in [0.3, 0.4) is 0 Å². The van der Waals surface area contributed by atoms with Crippen LogP contribution in [-0.4, -0.2) is 47.7 Å². The van der Waals surface area contributed by atoms with Gasteiger partial charge in [-0.1, -0.05) is 11.3 Å². The first-order valence-electron chi connectivity index (χ1n) is 11.5. The van der Waals surface area contributed by atoms with Crippen molar-refractivity contribution < 1.29 is 27.4 Å². The number of nitrogens with one attached hydrogen (secondary N) is 1. The van der Waals surface area contributed by atoms with Crippen molar-refractivity contribution in [3.63, 3.8) is 0 Å². The van der Waals surface area contributed by atoms with E-state index in [-0.39, 0.29) is 16.4 Å². The molecule has 37 heavy (non-hydrogen) atoms. The zero-order chi connectivity index (χ0) is 26.2. The van der Waals surface area contributed by atoms with E-state index in [1.165, 1.54) is 30.7 Å². The number of anilines is 1. The lowest BCUT2D eigenvalue weighted by molar-refractivity contribution is 0.102. The molecule has 4 aromatic rings. The fraction of sp³-hybridized carbons (Fsp3) is 0.280. The highest BCUT2D eigenvalue weighted by molar-refractivity contribution is 7.92. The van der Waals surface area contributed by atoms with E-state index in [1.54, 1.807) is 36.4 Å². The second-order valence-electron chi connectivity index (χ2n) is 8.69. The molecule has 10 nitrogen and oxygen atoms in total. The number of methoxy groups -OCH3 is 1. The van der Waals surface area contributed by atoms with Gasteiger partial charge in [-0.3, -0.25) is 10.1 Å². The van der Waals surface area contributed by atoms with Crippen molar-refractivity contribution in [1.82, 2.24) is 15.0 Å². The molecule has 0 radical (unpaired) electrons. The summed E-state index contributed by atoms with van der Waals surface area (Å²) in [4.78, 5) is 26.6. The summed E-state index contributed by atoms with van der Waals surface area (Å²) in [5.41, 5.74) is 0.931. The summed E-state index contributed by atoms with van der Waals surface area (Å²) in [6.45, 7) is 3.75. The standard InChI is InChI=1S/C25H24N4O6S2/c1-14(2)34-17-10-15(23(30)29-25-27-20-7-8-21(33-3)28-24(20)36-25)11-18(12-17)35-16-4-9-22(26-13-16)37(31,32)19-5-6-19/h4,7-14,19H,5-6H2,1-3H3,(H,27,29,30). The summed E-state index contributed by atoms with van der Waals surface area (Å²) in [5.74, 6) is 1.15. The number of rotatable bonds is 9. The number of sulfone groups is 1. The third kappa shape index (κ3) is 5.65. The third-order valence-corrected chi connectivity index (χ3v) is 8.43. The maximum Gasteiger partial charge on any atom is 0.257 e. The first-order chi connectivity index (χ1) is 17.7. The topological polar surface area (TPSA) is 130 Å². The van der Waals surface area contributed by atoms with Crippen LogP contribution in [0.4, 0.5) is 5.13 Å². The van der Waals surface area contributed by atoms with E-state index >= 15 is 0 Å². The summed E-state index contributed by atoms with van der Waals surface area (Å²) in [6, 6.07) is 11.3. The number of carbonyl (C=O) groups is 1. The van der Waals surface area contributed by atoms with Crippen LogP contribution in [0.1, 0.15) is 37.0 Å². The second kappa shape index (κ2) is 9.94. The molecular formula is C25H24N4O6S2. The fourth-order valence-electron chi connectivity index (χ4n) is 3.52. The number of nitrogens with zero attached hydrogens (tertiary/aromatic N) is 3. The molecule has 0 spiro atoms. The predicted octanol–water partition coefficient (Wildman–Crippen LogP) is 4.86. The number of hydrogen-bond donors (Lipinski definition) is 1. The van der Waals surface area contributed by atoms with Gasteiger partial charge in [-0.25, -0.2) is 23.4 Å². The van der Waals surface area contributed by atoms with Crippen LogP contribution in [0, 0.1) is 0 Å². The maximum atomic E-state index is 13.1. The molecule has 192 valence electrons. The monoisotopic (exact) mass is 540 g/mol. The Labute approximate surface area is 217 Å². The Hall–Kier alpha value is -3.77. The van der Waals surface area contributed by atoms with Crippen molar-refractivity contribution in [3.8, 4) is 23.1 Å². The highest BCUT2D eigenvalue weighted by Crippen LogP contribution is 2.34. The number of hydrogen-bond acceptors (Lipinski definition) is 10. The van der Waals surface area contributed by atoms with Crippen LogP contribution in [0.2, 0.25) is 0 Å². The van der Waals surface area contributed by atoms with Crippen molar-refractivity contribution in [1.29, 1.82) is 0 Å². The van der Waals surface area contributed by atoms with E-state index in [9.17, 15) is 13.2 Å². The normalized spacial score (nSPS) is 13.5. The number of thiazole rings is 1. The average Bonchev–Trinajstić information content (AvgIpc) is 3.65. The first kappa shape index (κ1) is 24.9. The zero-order valence-corrected chi connectivity index (χ0v) is 21.9. The molecule has 0 bridgehead atoms. The number of pyridine rings is 2. The lowest BCUT2D eigenvalue weighted by atomic mass is 10.2. The maximum absolute atomic E-state index is 13.1. The molecule has 0 atom stereocenters. The lowest BCUT2D eigenvalue weighted by Crippen LogP contribution is -2.13. The van der Waals surface area contributed by atoms with Crippen LogP contribution in [0.15, 0.2) is 53.7 Å². The number of aromatic nitrogens is 3. The molecule has 1 N–H and O–H groups in total. The molecule has 0 aliphatic heterocycles. The van der Waals surface area contributed by atoms with Crippen molar-refractivity contribution in [2.24, 2.45) is 0 Å². The lowest BCUT2D eigenvalue weighted by Gasteiger charge is -2.14. The molecule has 1 aliphatic carbocycles. The van der Waals surface area contributed by atoms with Gasteiger partial charge in [-0.05, 0) is 57.0 Å². The Balaban J connectivity index is 1.38. The molecule has 0 unspecified atom stereocenters. The molecule has 12 heteroatoms. The Kier molecular flexibility index (Phi) is 6.69. The summed E-state index contributed by atoms with van der Waals surface area (Å²) in [5, 5.41) is 2.87. The molecule has 3 aromatic heterocycles. The van der Waals surface area contributed by atoms with Crippen molar-refractivity contribution in [2.75, 3.05) is 12.4 Å². The van der Waals surface area contributed by atoms with E-state index < -0.39 is 15.7 Å². The molecule has 3 heterocycles. The molecular weight excluding hydrogens is 516 g/mol. The average molecular weight is 541 g/mol. The van der Waals surface area contributed by atoms with Crippen LogP contribution < -0.4 is 19.5 Å². The largest absolute Gasteiger partial charge is 0.491 e. The summed E-state index contributed by atoms with van der Waals surface area (Å²) >= 11 is 1.23. The highest BCUT2D eigenvalue weighted by atomic mass is 32.2. The smallest absolute Gasteiger partial charge is 0.257 e. The van der Waals surface area contributed by atoms with Gasteiger partial charge in [0.1, 0.15) is 27.6 Å². The number of benzene rings is 1. The Morgan fingerprint density at radius 3 is 2.51 bits per heavy atom. The van der Waals surface area contributed by atoms with E-state index in [1.807, 2.05) is 13.8 Å². The van der Waals surface area contributed by atoms with E-state index in [0.29, 0.717) is 57.0 Å². The molecule has 0 saturated heterocycles. The second-order valence-corrected chi connectivity index (χ2v) is 11.8. The van der Waals surface area contributed by atoms with Gasteiger partial charge in [0, 0.05) is 17.7 Å². The van der Waals surface area contributed by atoms with Gasteiger partial charge in [0.2, 0.25) is 5.88 Å². The number of ether oxygens (including phenoxy) is 3. The molecule has 1 aromatic carbocycles. The van der Waals surface area contributed by atoms with Gasteiger partial charge >= 0.3 is 0 Å². The van der Waals surface area contributed by atoms with Crippen LogP contribution in [0.25, 0.3) is 10.3 Å². The van der Waals surface area contributed by atoms with E-state index in [0.717, 1.165) is 0 Å². The SMILES string of the molecule is COc1ccc2nc(NC(=O)c3cc(Oc4ccc(S(=O)(=O)C5CC5)nc4)cc(OC(C)C)c3)sc2n1. The van der Waals surface area contributed by atoms with E-state index in [2.05, 4.69) is 20.3 Å². The fourth-order valence-corrected chi connectivity index (χ4v) is 5.90. The Morgan fingerprint density at radius 2 is 1.84 bits per heavy atom. The van der Waals surface area contributed by atoms with Gasteiger partial charge in [0.05, 0.1) is 24.7 Å². The highest BCUT2D eigenvalue weighted by Gasteiger charge is 2.37. The molecule has 1 fully saturated rings. The minimum Gasteiger partial charge on any atom is -0.491 e. The minimum atomic E-state index is -3.39. The van der Waals surface area contributed by atoms with Crippen LogP contribution in [-0.2, 0) is 9.84 Å². The van der Waals surface area contributed by atoms with Crippen molar-refractivity contribution >= 4 is 42.6 Å². The predicted molar refractivity (Wildman–Crippen MR) is 139 cm³/mol. The number of fused-ring (bicyclic) bond motifs is 1. The van der Waals surface area contributed by atoms with Gasteiger partial charge in [0.15, 0.2) is 20.0 Å². The van der Waals surface area contributed by atoms with Gasteiger partial charge < -0.3 is 14.2 Å². The Morgan fingerprint density at radius 1 is 1.05 bits per heavy atom. The zero-order valence-electron chi connectivity index (χ0n) is 20.3. The van der Waals surface area contributed by atoms with Gasteiger partial charge in [-0.15, -0.1) is 0 Å². The molecule has 1 amide bonds. The summed E-state index contributed by atoms with van der Waals surface area (Å²) in [6.07, 6.45) is 2.55. The first-order valence-corrected chi connectivity index (χ1v) is 13.9. The number of carbonyl (C=O) groups excluding carboxylic acids is 1. The van der Waals surface area contributed by atoms with Crippen molar-refractivity contribution in [3.05, 3.63) is 54.2 Å². The van der Waals surface area contributed by atoms with Crippen molar-refractivity contribution in [2.45, 2.75) is 43.1 Å². The summed E-state index contributed by atoms with van der Waals surface area (Å²) in [7, 11) is -1.86.